The molecular formula is C17H18O3. The number of benzene rings is 1. The molecule has 3 heteroatoms. The molecule has 104 valence electrons. The molecule has 2 aromatic heterocycles. The average Bonchev–Trinajstić information content (AvgIpc) is 3.04. The highest BCUT2D eigenvalue weighted by Gasteiger charge is 2.10. The zero-order valence-corrected chi connectivity index (χ0v) is 11.6. The normalized spacial score (nSPS) is 11.2. The van der Waals surface area contributed by atoms with Gasteiger partial charge in [-0.15, -0.1) is 0 Å². The molecule has 0 bridgehead atoms. The van der Waals surface area contributed by atoms with Crippen LogP contribution in [0.2, 0.25) is 0 Å². The smallest absolute Gasteiger partial charge is 0.170 e. The third kappa shape index (κ3) is 2.57. The first kappa shape index (κ1) is 12.9. The fourth-order valence-corrected chi connectivity index (χ4v) is 2.34. The van der Waals surface area contributed by atoms with E-state index in [1.165, 1.54) is 12.8 Å². The molecule has 0 amide bonds. The zero-order valence-electron chi connectivity index (χ0n) is 11.6. The second kappa shape index (κ2) is 5.45. The lowest BCUT2D eigenvalue weighted by atomic mass is 10.2. The Balaban J connectivity index is 1.83. The minimum absolute atomic E-state index is 0.207. The fourth-order valence-electron chi connectivity index (χ4n) is 2.34. The van der Waals surface area contributed by atoms with E-state index in [1.807, 2.05) is 24.3 Å². The summed E-state index contributed by atoms with van der Waals surface area (Å²) in [5.74, 6) is 2.65. The largest absolute Gasteiger partial charge is 0.508 e. The molecule has 0 aliphatic carbocycles. The van der Waals surface area contributed by atoms with Crippen molar-refractivity contribution in [3.8, 4) is 17.3 Å². The van der Waals surface area contributed by atoms with Gasteiger partial charge in [-0.2, -0.15) is 0 Å². The molecule has 20 heavy (non-hydrogen) atoms. The monoisotopic (exact) mass is 270 g/mol. The number of aryl methyl sites for hydroxylation is 1. The van der Waals surface area contributed by atoms with Crippen LogP contribution in [-0.4, -0.2) is 5.11 Å². The summed E-state index contributed by atoms with van der Waals surface area (Å²) in [4.78, 5) is 0. The summed E-state index contributed by atoms with van der Waals surface area (Å²) in [5.41, 5.74) is 0.670. The van der Waals surface area contributed by atoms with Gasteiger partial charge < -0.3 is 13.9 Å². The van der Waals surface area contributed by atoms with E-state index in [1.54, 1.807) is 12.1 Å². The van der Waals surface area contributed by atoms with Crippen LogP contribution in [0.3, 0.4) is 0 Å². The molecule has 2 heterocycles. The minimum Gasteiger partial charge on any atom is -0.508 e. The van der Waals surface area contributed by atoms with E-state index in [-0.39, 0.29) is 5.75 Å². The van der Waals surface area contributed by atoms with Gasteiger partial charge in [0.15, 0.2) is 11.5 Å². The molecule has 3 rings (SSSR count). The molecule has 0 aliphatic rings. The van der Waals surface area contributed by atoms with E-state index in [9.17, 15) is 5.11 Å². The van der Waals surface area contributed by atoms with Crippen LogP contribution in [0.4, 0.5) is 0 Å². The molecule has 0 saturated carbocycles. The van der Waals surface area contributed by atoms with E-state index < -0.39 is 0 Å². The number of hydrogen-bond donors (Lipinski definition) is 1. The first-order valence-electron chi connectivity index (χ1n) is 7.08. The quantitative estimate of drug-likeness (QED) is 0.653. The molecule has 1 N–H and O–H groups in total. The molecule has 0 radical (unpaired) electrons. The molecule has 0 spiro atoms. The van der Waals surface area contributed by atoms with Gasteiger partial charge in [-0.25, -0.2) is 0 Å². The van der Waals surface area contributed by atoms with Crippen molar-refractivity contribution in [1.29, 1.82) is 0 Å². The Morgan fingerprint density at radius 2 is 1.85 bits per heavy atom. The standard InChI is InChI=1S/C17H18O3/c1-2-3-4-5-14-8-9-15(19-14)17-10-12-6-7-13(18)11-16(12)20-17/h6-11,18H,2-5H2,1H3. The first-order chi connectivity index (χ1) is 9.76. The lowest BCUT2D eigenvalue weighted by Crippen LogP contribution is -1.80. The number of phenolic OH excluding ortho intramolecular Hbond substituents is 1. The van der Waals surface area contributed by atoms with Crippen LogP contribution in [0.25, 0.3) is 22.5 Å². The number of aromatic hydroxyl groups is 1. The number of unbranched alkanes of at least 4 members (excludes halogenated alkanes) is 2. The Kier molecular flexibility index (Phi) is 3.50. The van der Waals surface area contributed by atoms with Crippen molar-refractivity contribution < 1.29 is 13.9 Å². The summed E-state index contributed by atoms with van der Waals surface area (Å²) in [6.45, 7) is 2.19. The van der Waals surface area contributed by atoms with Crippen LogP contribution in [0, 0.1) is 0 Å². The van der Waals surface area contributed by atoms with Gasteiger partial charge in [-0.1, -0.05) is 19.8 Å². The molecule has 0 atom stereocenters. The maximum Gasteiger partial charge on any atom is 0.170 e. The summed E-state index contributed by atoms with van der Waals surface area (Å²) in [6.07, 6.45) is 4.55. The van der Waals surface area contributed by atoms with Crippen molar-refractivity contribution in [2.45, 2.75) is 32.6 Å². The van der Waals surface area contributed by atoms with Crippen LogP contribution >= 0.6 is 0 Å². The maximum absolute atomic E-state index is 9.45. The highest BCUT2D eigenvalue weighted by Crippen LogP contribution is 2.31. The summed E-state index contributed by atoms with van der Waals surface area (Å²) in [5, 5.41) is 10.4. The minimum atomic E-state index is 0.207. The van der Waals surface area contributed by atoms with Gasteiger partial charge in [0.1, 0.15) is 17.1 Å². The Morgan fingerprint density at radius 1 is 0.950 bits per heavy atom. The number of rotatable bonds is 5. The molecule has 3 aromatic rings. The molecule has 3 nitrogen and oxygen atoms in total. The average molecular weight is 270 g/mol. The Morgan fingerprint density at radius 3 is 2.70 bits per heavy atom. The number of fused-ring (bicyclic) bond motifs is 1. The number of hydrogen-bond acceptors (Lipinski definition) is 3. The third-order valence-corrected chi connectivity index (χ3v) is 3.43. The van der Waals surface area contributed by atoms with Gasteiger partial charge in [0.25, 0.3) is 0 Å². The molecule has 0 saturated heterocycles. The van der Waals surface area contributed by atoms with E-state index >= 15 is 0 Å². The van der Waals surface area contributed by atoms with Crippen molar-refractivity contribution in [3.05, 3.63) is 42.2 Å². The highest BCUT2D eigenvalue weighted by atomic mass is 16.4. The summed E-state index contributed by atoms with van der Waals surface area (Å²) in [6, 6.07) is 11.0. The predicted molar refractivity (Wildman–Crippen MR) is 78.8 cm³/mol. The Bertz CT molecular complexity index is 706. The maximum atomic E-state index is 9.45. The van der Waals surface area contributed by atoms with Gasteiger partial charge in [-0.3, -0.25) is 0 Å². The van der Waals surface area contributed by atoms with Crippen molar-refractivity contribution in [1.82, 2.24) is 0 Å². The number of furan rings is 2. The van der Waals surface area contributed by atoms with Crippen LogP contribution < -0.4 is 0 Å². The lowest BCUT2D eigenvalue weighted by molar-refractivity contribution is 0.473. The first-order valence-corrected chi connectivity index (χ1v) is 7.08. The Labute approximate surface area is 117 Å². The van der Waals surface area contributed by atoms with E-state index in [4.69, 9.17) is 8.83 Å². The van der Waals surface area contributed by atoms with Crippen molar-refractivity contribution in [2.24, 2.45) is 0 Å². The van der Waals surface area contributed by atoms with E-state index in [2.05, 4.69) is 6.92 Å². The summed E-state index contributed by atoms with van der Waals surface area (Å²) >= 11 is 0. The zero-order chi connectivity index (χ0) is 13.9. The number of phenols is 1. The van der Waals surface area contributed by atoms with Gasteiger partial charge in [-0.05, 0) is 36.8 Å². The second-order valence-electron chi connectivity index (χ2n) is 5.06. The second-order valence-corrected chi connectivity index (χ2v) is 5.06. The highest BCUT2D eigenvalue weighted by molar-refractivity contribution is 5.83. The molecular weight excluding hydrogens is 252 g/mol. The fraction of sp³-hybridized carbons (Fsp3) is 0.294. The van der Waals surface area contributed by atoms with Crippen LogP contribution in [0.15, 0.2) is 45.2 Å². The molecule has 1 aromatic carbocycles. The topological polar surface area (TPSA) is 46.5 Å². The summed E-state index contributed by atoms with van der Waals surface area (Å²) in [7, 11) is 0. The SMILES string of the molecule is CCCCCc1ccc(-c2cc3ccc(O)cc3o2)o1. The molecule has 0 unspecified atom stereocenters. The summed E-state index contributed by atoms with van der Waals surface area (Å²) < 4.78 is 11.5. The molecule has 0 aliphatic heterocycles. The van der Waals surface area contributed by atoms with Gasteiger partial charge in [0.2, 0.25) is 0 Å². The van der Waals surface area contributed by atoms with Crippen molar-refractivity contribution in [3.63, 3.8) is 0 Å². The predicted octanol–water partition coefficient (Wildman–Crippen LogP) is 5.13. The molecule has 0 fully saturated rings. The van der Waals surface area contributed by atoms with E-state index in [0.29, 0.717) is 11.3 Å². The van der Waals surface area contributed by atoms with Crippen LogP contribution in [0.1, 0.15) is 31.9 Å². The van der Waals surface area contributed by atoms with Gasteiger partial charge in [0, 0.05) is 17.9 Å². The van der Waals surface area contributed by atoms with Crippen molar-refractivity contribution in [2.75, 3.05) is 0 Å². The van der Waals surface area contributed by atoms with Crippen LogP contribution in [-0.2, 0) is 6.42 Å². The van der Waals surface area contributed by atoms with Gasteiger partial charge in [0.05, 0.1) is 0 Å². The Hall–Kier alpha value is -2.16. The van der Waals surface area contributed by atoms with E-state index in [0.717, 1.165) is 29.7 Å². The van der Waals surface area contributed by atoms with Gasteiger partial charge >= 0.3 is 0 Å². The van der Waals surface area contributed by atoms with Crippen molar-refractivity contribution >= 4 is 11.0 Å². The lowest BCUT2D eigenvalue weighted by Gasteiger charge is -1.95. The van der Waals surface area contributed by atoms with Crippen LogP contribution in [0.5, 0.6) is 5.75 Å². The third-order valence-electron chi connectivity index (χ3n) is 3.43.